The van der Waals surface area contributed by atoms with Gasteiger partial charge in [0.1, 0.15) is 10.6 Å². The molecule has 2 aromatic rings. The quantitative estimate of drug-likeness (QED) is 0.796. The minimum atomic E-state index is -0.410. The van der Waals surface area contributed by atoms with E-state index in [4.69, 9.17) is 9.47 Å². The third kappa shape index (κ3) is 3.14. The molecule has 0 saturated carbocycles. The maximum atomic E-state index is 12.8. The second-order valence-electron chi connectivity index (χ2n) is 5.59. The first-order valence-electron chi connectivity index (χ1n) is 7.77. The zero-order valence-corrected chi connectivity index (χ0v) is 14.5. The Kier molecular flexibility index (Phi) is 4.85. The van der Waals surface area contributed by atoms with Crippen LogP contribution in [0.2, 0.25) is 0 Å². The molecule has 0 aliphatic carbocycles. The van der Waals surface area contributed by atoms with Gasteiger partial charge >= 0.3 is 5.97 Å². The third-order valence-corrected chi connectivity index (χ3v) is 5.27. The van der Waals surface area contributed by atoms with Crippen LogP contribution in [0.1, 0.15) is 43.8 Å². The van der Waals surface area contributed by atoms with Crippen LogP contribution in [-0.2, 0) is 4.74 Å². The predicted molar refractivity (Wildman–Crippen MR) is 91.7 cm³/mol. The number of carbonyl (C=O) groups is 2. The van der Waals surface area contributed by atoms with Crippen LogP contribution in [0.25, 0.3) is 0 Å². The van der Waals surface area contributed by atoms with E-state index >= 15 is 0 Å². The number of carbonyl (C=O) groups excluding carboxylic acids is 2. The Labute approximate surface area is 144 Å². The number of nitrogens with zero attached hydrogens (tertiary/aromatic N) is 1. The number of likely N-dealkylation sites (tertiary alicyclic amines) is 1. The molecule has 2 heterocycles. The van der Waals surface area contributed by atoms with Crippen LogP contribution in [0.3, 0.4) is 0 Å². The van der Waals surface area contributed by atoms with E-state index in [1.54, 1.807) is 19.2 Å². The molecular weight excluding hydrogens is 326 g/mol. The lowest BCUT2D eigenvalue weighted by atomic mass is 10.0. The van der Waals surface area contributed by atoms with Crippen LogP contribution in [0.5, 0.6) is 5.75 Å². The number of esters is 1. The van der Waals surface area contributed by atoms with Gasteiger partial charge in [-0.3, -0.25) is 4.79 Å². The Morgan fingerprint density at radius 3 is 2.46 bits per heavy atom. The summed E-state index contributed by atoms with van der Waals surface area (Å²) in [6.45, 7) is 0.723. The normalized spacial score (nSPS) is 16.9. The fraction of sp³-hybridized carbons (Fsp3) is 0.333. The van der Waals surface area contributed by atoms with Crippen molar-refractivity contribution in [3.63, 3.8) is 0 Å². The molecule has 1 aliphatic heterocycles. The van der Waals surface area contributed by atoms with Gasteiger partial charge in [-0.1, -0.05) is 12.1 Å². The Hall–Kier alpha value is -2.34. The van der Waals surface area contributed by atoms with Gasteiger partial charge in [-0.2, -0.15) is 0 Å². The molecule has 1 amide bonds. The molecule has 1 unspecified atom stereocenters. The van der Waals surface area contributed by atoms with Crippen LogP contribution in [-0.4, -0.2) is 37.5 Å². The van der Waals surface area contributed by atoms with Gasteiger partial charge in [0.15, 0.2) is 0 Å². The van der Waals surface area contributed by atoms with Gasteiger partial charge in [0.05, 0.1) is 25.1 Å². The SMILES string of the molecule is COC(=O)c1ccc(C(=O)N2CCCC2c2ccc(OC)cc2)s1. The zero-order chi connectivity index (χ0) is 17.1. The number of amides is 1. The summed E-state index contributed by atoms with van der Waals surface area (Å²) < 4.78 is 9.89. The van der Waals surface area contributed by atoms with Gasteiger partial charge in [0, 0.05) is 6.54 Å². The number of benzene rings is 1. The van der Waals surface area contributed by atoms with Crippen molar-refractivity contribution in [2.24, 2.45) is 0 Å². The number of hydrogen-bond donors (Lipinski definition) is 0. The van der Waals surface area contributed by atoms with Crippen molar-refractivity contribution in [1.82, 2.24) is 4.90 Å². The monoisotopic (exact) mass is 345 g/mol. The van der Waals surface area contributed by atoms with Crippen molar-refractivity contribution in [3.05, 3.63) is 51.7 Å². The minimum absolute atomic E-state index is 0.0338. The zero-order valence-electron chi connectivity index (χ0n) is 13.7. The standard InChI is InChI=1S/C18H19NO4S/c1-22-13-7-5-12(6-8-13)14-4-3-11-19(14)17(20)15-9-10-16(24-15)18(21)23-2/h5-10,14H,3-4,11H2,1-2H3. The molecule has 0 N–H and O–H groups in total. The highest BCUT2D eigenvalue weighted by Crippen LogP contribution is 2.34. The van der Waals surface area contributed by atoms with Gasteiger partial charge in [0.2, 0.25) is 0 Å². The summed E-state index contributed by atoms with van der Waals surface area (Å²) in [6.07, 6.45) is 1.91. The molecule has 24 heavy (non-hydrogen) atoms. The molecule has 3 rings (SSSR count). The van der Waals surface area contributed by atoms with E-state index in [0.29, 0.717) is 9.75 Å². The maximum Gasteiger partial charge on any atom is 0.348 e. The summed E-state index contributed by atoms with van der Waals surface area (Å²) in [4.78, 5) is 27.3. The first-order chi connectivity index (χ1) is 11.6. The van der Waals surface area contributed by atoms with Crippen molar-refractivity contribution in [2.75, 3.05) is 20.8 Å². The average molecular weight is 345 g/mol. The molecule has 0 bridgehead atoms. The molecule has 1 saturated heterocycles. The molecule has 1 aromatic carbocycles. The van der Waals surface area contributed by atoms with Crippen LogP contribution in [0.15, 0.2) is 36.4 Å². The highest BCUT2D eigenvalue weighted by Gasteiger charge is 2.31. The topological polar surface area (TPSA) is 55.8 Å². The molecular formula is C18H19NO4S. The summed E-state index contributed by atoms with van der Waals surface area (Å²) in [7, 11) is 2.97. The van der Waals surface area contributed by atoms with Gasteiger partial charge in [0.25, 0.3) is 5.91 Å². The molecule has 5 nitrogen and oxygen atoms in total. The van der Waals surface area contributed by atoms with Crippen molar-refractivity contribution in [2.45, 2.75) is 18.9 Å². The number of thiophene rings is 1. The Balaban J connectivity index is 1.80. The lowest BCUT2D eigenvalue weighted by Crippen LogP contribution is -2.29. The lowest BCUT2D eigenvalue weighted by molar-refractivity contribution is 0.0606. The van der Waals surface area contributed by atoms with Crippen molar-refractivity contribution in [1.29, 1.82) is 0 Å². The summed E-state index contributed by atoms with van der Waals surface area (Å²) >= 11 is 1.18. The summed E-state index contributed by atoms with van der Waals surface area (Å²) in [5, 5.41) is 0. The summed E-state index contributed by atoms with van der Waals surface area (Å²) in [5.41, 5.74) is 1.10. The highest BCUT2D eigenvalue weighted by molar-refractivity contribution is 7.15. The van der Waals surface area contributed by atoms with E-state index in [1.165, 1.54) is 18.4 Å². The smallest absolute Gasteiger partial charge is 0.348 e. The summed E-state index contributed by atoms with van der Waals surface area (Å²) in [6, 6.07) is 11.2. The number of ether oxygens (including phenoxy) is 2. The van der Waals surface area contributed by atoms with Crippen LogP contribution in [0, 0.1) is 0 Å². The van der Waals surface area contributed by atoms with Gasteiger partial charge in [-0.15, -0.1) is 11.3 Å². The van der Waals surface area contributed by atoms with E-state index in [-0.39, 0.29) is 11.9 Å². The van der Waals surface area contributed by atoms with Gasteiger partial charge in [-0.05, 0) is 42.7 Å². The van der Waals surface area contributed by atoms with E-state index < -0.39 is 5.97 Å². The number of hydrogen-bond acceptors (Lipinski definition) is 5. The third-order valence-electron chi connectivity index (χ3n) is 4.22. The minimum Gasteiger partial charge on any atom is -0.497 e. The first kappa shape index (κ1) is 16.5. The predicted octanol–water partition coefficient (Wildman–Crippen LogP) is 3.52. The molecule has 0 spiro atoms. The van der Waals surface area contributed by atoms with Crippen LogP contribution >= 0.6 is 11.3 Å². The van der Waals surface area contributed by atoms with E-state index in [2.05, 4.69) is 0 Å². The molecule has 1 fully saturated rings. The molecule has 1 aromatic heterocycles. The number of methoxy groups -OCH3 is 2. The molecule has 1 atom stereocenters. The Morgan fingerprint density at radius 2 is 1.79 bits per heavy atom. The fourth-order valence-electron chi connectivity index (χ4n) is 2.99. The fourth-order valence-corrected chi connectivity index (χ4v) is 3.87. The summed E-state index contributed by atoms with van der Waals surface area (Å²) in [5.74, 6) is 0.358. The Bertz CT molecular complexity index is 738. The second kappa shape index (κ2) is 7.05. The molecule has 1 aliphatic rings. The number of rotatable bonds is 4. The average Bonchev–Trinajstić information content (AvgIpc) is 3.30. The van der Waals surface area contributed by atoms with Gasteiger partial charge in [-0.25, -0.2) is 4.79 Å². The van der Waals surface area contributed by atoms with E-state index in [1.807, 2.05) is 29.2 Å². The largest absolute Gasteiger partial charge is 0.497 e. The van der Waals surface area contributed by atoms with Gasteiger partial charge < -0.3 is 14.4 Å². The van der Waals surface area contributed by atoms with Crippen LogP contribution in [0.4, 0.5) is 0 Å². The lowest BCUT2D eigenvalue weighted by Gasteiger charge is -2.24. The maximum absolute atomic E-state index is 12.8. The van der Waals surface area contributed by atoms with Crippen molar-refractivity contribution >= 4 is 23.2 Å². The Morgan fingerprint density at radius 1 is 1.08 bits per heavy atom. The first-order valence-corrected chi connectivity index (χ1v) is 8.58. The second-order valence-corrected chi connectivity index (χ2v) is 6.67. The molecule has 126 valence electrons. The van der Waals surface area contributed by atoms with E-state index in [0.717, 1.165) is 30.7 Å². The molecule has 0 radical (unpaired) electrons. The van der Waals surface area contributed by atoms with Crippen molar-refractivity contribution < 1.29 is 19.1 Å². The molecule has 6 heteroatoms. The van der Waals surface area contributed by atoms with Crippen LogP contribution < -0.4 is 4.74 Å². The van der Waals surface area contributed by atoms with E-state index in [9.17, 15) is 9.59 Å². The van der Waals surface area contributed by atoms with Crippen molar-refractivity contribution in [3.8, 4) is 5.75 Å². The highest BCUT2D eigenvalue weighted by atomic mass is 32.1.